The Labute approximate surface area is 85.5 Å². The molecule has 0 radical (unpaired) electrons. The largest absolute Gasteiger partial charge is 0.391 e. The lowest BCUT2D eigenvalue weighted by Crippen LogP contribution is -2.22. The first-order valence-corrected chi connectivity index (χ1v) is 4.35. The lowest BCUT2D eigenvalue weighted by atomic mass is 10.4. The molecule has 7 heteroatoms. The zero-order valence-electron chi connectivity index (χ0n) is 7.74. The average Bonchev–Trinajstić information content (AvgIpc) is 2.14. The molecule has 0 fully saturated rings. The second kappa shape index (κ2) is 4.25. The molecule has 0 amide bonds. The number of nitrogen functional groups attached to an aromatic ring is 2. The number of H-pyrrole nitrogens is 1. The highest BCUT2D eigenvalue weighted by Crippen LogP contribution is 2.07. The van der Waals surface area contributed by atoms with Gasteiger partial charge in [-0.3, -0.25) is 9.78 Å². The molecule has 0 aliphatic rings. The second-order valence-corrected chi connectivity index (χ2v) is 3.09. The molecule has 0 saturated carbocycles. The SMILES string of the molecule is COCCn1c(N)c(N)c(=O)[nH]c1=S. The molecule has 1 rings (SSSR count). The van der Waals surface area contributed by atoms with E-state index in [2.05, 4.69) is 4.98 Å². The van der Waals surface area contributed by atoms with Crippen molar-refractivity contribution in [3.63, 3.8) is 0 Å². The summed E-state index contributed by atoms with van der Waals surface area (Å²) >= 11 is 4.92. The first-order chi connectivity index (χ1) is 6.57. The van der Waals surface area contributed by atoms with Gasteiger partial charge in [0.25, 0.3) is 5.56 Å². The van der Waals surface area contributed by atoms with Crippen LogP contribution in [0.2, 0.25) is 0 Å². The van der Waals surface area contributed by atoms with E-state index in [4.69, 9.17) is 28.4 Å². The van der Waals surface area contributed by atoms with E-state index in [0.717, 1.165) is 0 Å². The average molecular weight is 216 g/mol. The number of methoxy groups -OCH3 is 1. The second-order valence-electron chi connectivity index (χ2n) is 2.70. The summed E-state index contributed by atoms with van der Waals surface area (Å²) in [6.45, 7) is 0.909. The lowest BCUT2D eigenvalue weighted by molar-refractivity contribution is 0.187. The van der Waals surface area contributed by atoms with Gasteiger partial charge in [-0.2, -0.15) is 0 Å². The summed E-state index contributed by atoms with van der Waals surface area (Å²) in [6.07, 6.45) is 0. The van der Waals surface area contributed by atoms with Gasteiger partial charge in [0.1, 0.15) is 11.5 Å². The van der Waals surface area contributed by atoms with Crippen molar-refractivity contribution in [2.45, 2.75) is 6.54 Å². The van der Waals surface area contributed by atoms with Gasteiger partial charge in [0.15, 0.2) is 4.77 Å². The van der Waals surface area contributed by atoms with Gasteiger partial charge in [0.05, 0.1) is 13.2 Å². The number of anilines is 2. The summed E-state index contributed by atoms with van der Waals surface area (Å²) in [5.74, 6) is 0.177. The van der Waals surface area contributed by atoms with Gasteiger partial charge >= 0.3 is 0 Å². The van der Waals surface area contributed by atoms with Crippen LogP contribution in [-0.2, 0) is 11.3 Å². The van der Waals surface area contributed by atoms with Gasteiger partial charge in [-0.15, -0.1) is 0 Å². The summed E-state index contributed by atoms with van der Waals surface area (Å²) in [7, 11) is 1.56. The van der Waals surface area contributed by atoms with Gasteiger partial charge in [-0.1, -0.05) is 0 Å². The Morgan fingerprint density at radius 3 is 2.79 bits per heavy atom. The number of aromatic amines is 1. The molecule has 0 saturated heterocycles. The standard InChI is InChI=1S/C7H12N4O2S/c1-13-3-2-11-5(9)4(8)6(12)10-7(11)14/h2-3,8-9H2,1H3,(H,10,12,14). The first-order valence-electron chi connectivity index (χ1n) is 3.95. The van der Waals surface area contributed by atoms with Crippen molar-refractivity contribution in [2.24, 2.45) is 0 Å². The van der Waals surface area contributed by atoms with Crippen LogP contribution in [0.4, 0.5) is 11.5 Å². The number of nitrogens with one attached hydrogen (secondary N) is 1. The molecular formula is C7H12N4O2S. The number of nitrogens with zero attached hydrogens (tertiary/aromatic N) is 1. The quantitative estimate of drug-likeness (QED) is 0.603. The summed E-state index contributed by atoms with van der Waals surface area (Å²) < 4.78 is 6.64. The van der Waals surface area contributed by atoms with Crippen molar-refractivity contribution in [3.8, 4) is 0 Å². The van der Waals surface area contributed by atoms with Gasteiger partial charge in [-0.05, 0) is 12.2 Å². The Balaban J connectivity index is 3.23. The van der Waals surface area contributed by atoms with Crippen LogP contribution in [0.15, 0.2) is 4.79 Å². The van der Waals surface area contributed by atoms with E-state index in [1.807, 2.05) is 0 Å². The van der Waals surface area contributed by atoms with Gasteiger partial charge in [0.2, 0.25) is 0 Å². The van der Waals surface area contributed by atoms with Gasteiger partial charge in [-0.25, -0.2) is 0 Å². The van der Waals surface area contributed by atoms with Crippen LogP contribution in [0.3, 0.4) is 0 Å². The summed E-state index contributed by atoms with van der Waals surface area (Å²) in [5, 5.41) is 0. The van der Waals surface area contributed by atoms with Crippen molar-refractivity contribution < 1.29 is 4.74 Å². The maximum atomic E-state index is 11.1. The van der Waals surface area contributed by atoms with Crippen LogP contribution in [-0.4, -0.2) is 23.3 Å². The molecule has 14 heavy (non-hydrogen) atoms. The number of nitrogens with two attached hydrogens (primary N) is 2. The van der Waals surface area contributed by atoms with E-state index in [9.17, 15) is 4.79 Å². The van der Waals surface area contributed by atoms with Crippen molar-refractivity contribution >= 4 is 23.7 Å². The number of rotatable bonds is 3. The molecule has 0 aromatic carbocycles. The smallest absolute Gasteiger partial charge is 0.277 e. The van der Waals surface area contributed by atoms with Crippen LogP contribution in [0, 0.1) is 4.77 Å². The Bertz CT molecular complexity index is 436. The van der Waals surface area contributed by atoms with Crippen molar-refractivity contribution in [3.05, 3.63) is 15.1 Å². The predicted octanol–water partition coefficient (Wildman–Crippen LogP) is -0.283. The number of hydrogen-bond donors (Lipinski definition) is 3. The molecule has 6 nitrogen and oxygen atoms in total. The minimum Gasteiger partial charge on any atom is -0.391 e. The Morgan fingerprint density at radius 2 is 2.21 bits per heavy atom. The maximum Gasteiger partial charge on any atom is 0.277 e. The van der Waals surface area contributed by atoms with E-state index in [-0.39, 0.29) is 16.3 Å². The molecule has 1 aromatic heterocycles. The highest BCUT2D eigenvalue weighted by atomic mass is 32.1. The third kappa shape index (κ3) is 1.94. The van der Waals surface area contributed by atoms with Crippen LogP contribution in [0.1, 0.15) is 0 Å². The molecule has 0 unspecified atom stereocenters. The fraction of sp³-hybridized carbons (Fsp3) is 0.429. The van der Waals surface area contributed by atoms with Crippen molar-refractivity contribution in [1.29, 1.82) is 0 Å². The lowest BCUT2D eigenvalue weighted by Gasteiger charge is -2.10. The van der Waals surface area contributed by atoms with E-state index in [1.165, 1.54) is 4.57 Å². The van der Waals surface area contributed by atoms with E-state index in [1.54, 1.807) is 7.11 Å². The molecule has 0 spiro atoms. The van der Waals surface area contributed by atoms with Gasteiger partial charge < -0.3 is 20.8 Å². The Kier molecular flexibility index (Phi) is 3.26. The molecule has 0 aliphatic carbocycles. The highest BCUT2D eigenvalue weighted by Gasteiger charge is 2.06. The topological polar surface area (TPSA) is 99.1 Å². The maximum absolute atomic E-state index is 11.1. The third-order valence-corrected chi connectivity index (χ3v) is 2.12. The highest BCUT2D eigenvalue weighted by molar-refractivity contribution is 7.71. The normalized spacial score (nSPS) is 10.4. The molecule has 1 aromatic rings. The minimum atomic E-state index is -0.457. The minimum absolute atomic E-state index is 0.0188. The molecule has 5 N–H and O–H groups in total. The van der Waals surface area contributed by atoms with Crippen LogP contribution < -0.4 is 17.0 Å². The molecule has 1 heterocycles. The molecule has 0 atom stereocenters. The fourth-order valence-electron chi connectivity index (χ4n) is 1.01. The monoisotopic (exact) mass is 216 g/mol. The zero-order valence-corrected chi connectivity index (χ0v) is 8.56. The van der Waals surface area contributed by atoms with Crippen LogP contribution in [0.5, 0.6) is 0 Å². The molecule has 0 aliphatic heterocycles. The molecule has 78 valence electrons. The summed E-state index contributed by atoms with van der Waals surface area (Å²) in [6, 6.07) is 0. The Hall–Kier alpha value is -1.34. The van der Waals surface area contributed by atoms with E-state index in [0.29, 0.717) is 13.2 Å². The number of ether oxygens (including phenoxy) is 1. The van der Waals surface area contributed by atoms with Crippen molar-refractivity contribution in [2.75, 3.05) is 25.2 Å². The molecular weight excluding hydrogens is 204 g/mol. The third-order valence-electron chi connectivity index (χ3n) is 1.80. The van der Waals surface area contributed by atoms with Crippen LogP contribution >= 0.6 is 12.2 Å². The van der Waals surface area contributed by atoms with Crippen molar-refractivity contribution in [1.82, 2.24) is 9.55 Å². The first kappa shape index (κ1) is 10.7. The van der Waals surface area contributed by atoms with E-state index < -0.39 is 5.56 Å². The summed E-state index contributed by atoms with van der Waals surface area (Å²) in [5.41, 5.74) is 10.6. The van der Waals surface area contributed by atoms with Gasteiger partial charge in [0, 0.05) is 7.11 Å². The van der Waals surface area contributed by atoms with Crippen LogP contribution in [0.25, 0.3) is 0 Å². The van der Waals surface area contributed by atoms with E-state index >= 15 is 0 Å². The summed E-state index contributed by atoms with van der Waals surface area (Å²) in [4.78, 5) is 13.5. The fourth-order valence-corrected chi connectivity index (χ4v) is 1.29. The number of hydrogen-bond acceptors (Lipinski definition) is 5. The Morgan fingerprint density at radius 1 is 1.57 bits per heavy atom. The predicted molar refractivity (Wildman–Crippen MR) is 56.6 cm³/mol. The molecule has 0 bridgehead atoms. The zero-order chi connectivity index (χ0) is 10.7. The number of aromatic nitrogens is 2.